The number of nitrogens with two attached hydrogens (primary N) is 1. The maximum Gasteiger partial charge on any atom is 0.248 e. The number of aromatic nitrogens is 3. The van der Waals surface area contributed by atoms with Crippen molar-refractivity contribution in [2.45, 2.75) is 13.5 Å². The van der Waals surface area contributed by atoms with Gasteiger partial charge in [-0.15, -0.1) is 5.10 Å². The third kappa shape index (κ3) is 3.88. The van der Waals surface area contributed by atoms with E-state index in [1.165, 1.54) is 0 Å². The lowest BCUT2D eigenvalue weighted by Crippen LogP contribution is -2.27. The molecule has 3 N–H and O–H groups in total. The van der Waals surface area contributed by atoms with E-state index in [0.29, 0.717) is 19.0 Å². The summed E-state index contributed by atoms with van der Waals surface area (Å²) in [6, 6.07) is 7.93. The van der Waals surface area contributed by atoms with Gasteiger partial charge in [-0.3, -0.25) is 10.1 Å². The average Bonchev–Trinajstić information content (AvgIpc) is 2.85. The molecule has 1 unspecified atom stereocenters. The number of carbonyl (C=O) groups is 1. The number of halogens is 1. The molecule has 1 atom stereocenters. The molecule has 0 saturated heterocycles. The highest BCUT2D eigenvalue weighted by Gasteiger charge is 2.13. The van der Waals surface area contributed by atoms with E-state index in [2.05, 4.69) is 31.3 Å². The number of amides is 1. The lowest BCUT2D eigenvalue weighted by Gasteiger charge is -2.06. The van der Waals surface area contributed by atoms with Gasteiger partial charge in [0.05, 0.1) is 6.54 Å². The van der Waals surface area contributed by atoms with Crippen LogP contribution < -0.4 is 11.1 Å². The molecule has 0 radical (unpaired) electrons. The average molecular weight is 338 g/mol. The van der Waals surface area contributed by atoms with Crippen LogP contribution in [0, 0.1) is 5.92 Å². The minimum Gasteiger partial charge on any atom is -0.330 e. The first-order chi connectivity index (χ1) is 9.58. The summed E-state index contributed by atoms with van der Waals surface area (Å²) in [4.78, 5) is 15.7. The van der Waals surface area contributed by atoms with E-state index in [4.69, 9.17) is 5.73 Å². The molecule has 2 rings (SSSR count). The van der Waals surface area contributed by atoms with Crippen molar-refractivity contribution in [3.05, 3.63) is 40.6 Å². The van der Waals surface area contributed by atoms with Crippen molar-refractivity contribution in [3.8, 4) is 0 Å². The van der Waals surface area contributed by atoms with Gasteiger partial charge in [-0.05, 0) is 17.7 Å². The maximum absolute atomic E-state index is 11.7. The Labute approximate surface area is 125 Å². The molecule has 0 fully saturated rings. The predicted molar refractivity (Wildman–Crippen MR) is 80.1 cm³/mol. The standard InChI is InChI=1S/C13H16BrN5O/c1-9(6-15)12(20)17-13-16-8-19(18-13)7-10-3-2-4-11(14)5-10/h2-5,8-9H,6-7,15H2,1H3,(H,17,18,20). The van der Waals surface area contributed by atoms with E-state index in [1.54, 1.807) is 17.9 Å². The summed E-state index contributed by atoms with van der Waals surface area (Å²) in [5, 5.41) is 6.85. The molecule has 0 aliphatic heterocycles. The van der Waals surface area contributed by atoms with E-state index in [9.17, 15) is 4.79 Å². The SMILES string of the molecule is CC(CN)C(=O)Nc1ncn(Cc2cccc(Br)c2)n1. The molecular formula is C13H16BrN5O. The van der Waals surface area contributed by atoms with E-state index >= 15 is 0 Å². The lowest BCUT2D eigenvalue weighted by molar-refractivity contribution is -0.119. The van der Waals surface area contributed by atoms with E-state index in [-0.39, 0.29) is 11.8 Å². The second-order valence-corrected chi connectivity index (χ2v) is 5.44. The second-order valence-electron chi connectivity index (χ2n) is 4.52. The summed E-state index contributed by atoms with van der Waals surface area (Å²) in [5.74, 6) is -0.134. The molecule has 0 spiro atoms. The Balaban J connectivity index is 2.00. The fourth-order valence-electron chi connectivity index (χ4n) is 1.59. The fraction of sp³-hybridized carbons (Fsp3) is 0.308. The van der Waals surface area contributed by atoms with Gasteiger partial charge in [0.1, 0.15) is 6.33 Å². The molecule has 6 nitrogen and oxygen atoms in total. The van der Waals surface area contributed by atoms with Crippen LogP contribution in [-0.4, -0.2) is 27.2 Å². The molecule has 0 saturated carbocycles. The van der Waals surface area contributed by atoms with Crippen molar-refractivity contribution in [1.82, 2.24) is 14.8 Å². The van der Waals surface area contributed by atoms with Crippen LogP contribution in [0.3, 0.4) is 0 Å². The van der Waals surface area contributed by atoms with E-state index in [1.807, 2.05) is 24.3 Å². The molecule has 1 aromatic heterocycles. The van der Waals surface area contributed by atoms with Crippen molar-refractivity contribution in [3.63, 3.8) is 0 Å². The summed E-state index contributed by atoms with van der Waals surface area (Å²) in [6.07, 6.45) is 1.59. The van der Waals surface area contributed by atoms with Crippen molar-refractivity contribution >= 4 is 27.8 Å². The summed E-state index contributed by atoms with van der Waals surface area (Å²) in [6.45, 7) is 2.65. The van der Waals surface area contributed by atoms with Crippen LogP contribution in [0.15, 0.2) is 35.1 Å². The number of carbonyl (C=O) groups excluding carboxylic acids is 1. The zero-order valence-electron chi connectivity index (χ0n) is 11.1. The van der Waals surface area contributed by atoms with Gasteiger partial charge in [-0.2, -0.15) is 0 Å². The van der Waals surface area contributed by atoms with Crippen LogP contribution in [0.25, 0.3) is 0 Å². The minimum atomic E-state index is -0.257. The number of rotatable bonds is 5. The monoisotopic (exact) mass is 337 g/mol. The van der Waals surface area contributed by atoms with Gasteiger partial charge >= 0.3 is 0 Å². The molecule has 106 valence electrons. The van der Waals surface area contributed by atoms with Gasteiger partial charge in [-0.1, -0.05) is 35.0 Å². The second kappa shape index (κ2) is 6.62. The number of hydrogen-bond donors (Lipinski definition) is 2. The summed E-state index contributed by atoms with van der Waals surface area (Å²) >= 11 is 3.42. The van der Waals surface area contributed by atoms with Gasteiger partial charge < -0.3 is 5.73 Å². The Kier molecular flexibility index (Phi) is 4.86. The smallest absolute Gasteiger partial charge is 0.248 e. The Morgan fingerprint density at radius 1 is 1.55 bits per heavy atom. The summed E-state index contributed by atoms with van der Waals surface area (Å²) in [5.41, 5.74) is 6.53. The normalized spacial score (nSPS) is 12.2. The highest BCUT2D eigenvalue weighted by molar-refractivity contribution is 9.10. The van der Waals surface area contributed by atoms with Crippen molar-refractivity contribution in [2.24, 2.45) is 11.7 Å². The molecule has 0 aliphatic rings. The largest absolute Gasteiger partial charge is 0.330 e. The first-order valence-corrected chi connectivity index (χ1v) is 7.02. The molecular weight excluding hydrogens is 322 g/mol. The third-order valence-electron chi connectivity index (χ3n) is 2.81. The number of benzene rings is 1. The van der Waals surface area contributed by atoms with Gasteiger partial charge in [0.15, 0.2) is 0 Å². The van der Waals surface area contributed by atoms with E-state index in [0.717, 1.165) is 10.0 Å². The van der Waals surface area contributed by atoms with Crippen LogP contribution in [-0.2, 0) is 11.3 Å². The fourth-order valence-corrected chi connectivity index (χ4v) is 2.04. The number of nitrogens with zero attached hydrogens (tertiary/aromatic N) is 3. The number of anilines is 1. The molecule has 2 aromatic rings. The van der Waals surface area contributed by atoms with Gasteiger partial charge in [0.25, 0.3) is 0 Å². The molecule has 20 heavy (non-hydrogen) atoms. The van der Waals surface area contributed by atoms with Crippen LogP contribution in [0.1, 0.15) is 12.5 Å². The van der Waals surface area contributed by atoms with Crippen LogP contribution in [0.2, 0.25) is 0 Å². The van der Waals surface area contributed by atoms with Crippen LogP contribution >= 0.6 is 15.9 Å². The summed E-state index contributed by atoms with van der Waals surface area (Å²) in [7, 11) is 0. The summed E-state index contributed by atoms with van der Waals surface area (Å²) < 4.78 is 2.69. The van der Waals surface area contributed by atoms with Crippen LogP contribution in [0.5, 0.6) is 0 Å². The lowest BCUT2D eigenvalue weighted by atomic mass is 10.2. The Hall–Kier alpha value is -1.73. The molecule has 1 aromatic carbocycles. The van der Waals surface area contributed by atoms with Crippen molar-refractivity contribution < 1.29 is 4.79 Å². The quantitative estimate of drug-likeness (QED) is 0.868. The number of hydrogen-bond acceptors (Lipinski definition) is 4. The van der Waals surface area contributed by atoms with Gasteiger partial charge in [-0.25, -0.2) is 9.67 Å². The van der Waals surface area contributed by atoms with E-state index < -0.39 is 0 Å². The predicted octanol–water partition coefficient (Wildman–Crippen LogP) is 1.62. The molecule has 1 amide bonds. The highest BCUT2D eigenvalue weighted by Crippen LogP contribution is 2.12. The Bertz CT molecular complexity index is 598. The third-order valence-corrected chi connectivity index (χ3v) is 3.30. The van der Waals surface area contributed by atoms with Gasteiger partial charge in [0.2, 0.25) is 11.9 Å². The number of nitrogens with one attached hydrogen (secondary N) is 1. The topological polar surface area (TPSA) is 85.8 Å². The Morgan fingerprint density at radius 2 is 2.35 bits per heavy atom. The molecule has 7 heteroatoms. The van der Waals surface area contributed by atoms with Crippen molar-refractivity contribution in [1.29, 1.82) is 0 Å². The van der Waals surface area contributed by atoms with Crippen LogP contribution in [0.4, 0.5) is 5.95 Å². The van der Waals surface area contributed by atoms with Crippen molar-refractivity contribution in [2.75, 3.05) is 11.9 Å². The maximum atomic E-state index is 11.7. The van der Waals surface area contributed by atoms with Gasteiger partial charge in [0, 0.05) is 16.9 Å². The minimum absolute atomic E-state index is 0.173. The zero-order valence-corrected chi connectivity index (χ0v) is 12.7. The first-order valence-electron chi connectivity index (χ1n) is 6.23. The Morgan fingerprint density at radius 3 is 3.05 bits per heavy atom. The molecule has 0 bridgehead atoms. The molecule has 1 heterocycles. The molecule has 0 aliphatic carbocycles. The zero-order chi connectivity index (χ0) is 14.5. The highest BCUT2D eigenvalue weighted by atomic mass is 79.9. The first kappa shape index (κ1) is 14.7.